The van der Waals surface area contributed by atoms with Crippen molar-refractivity contribution in [2.24, 2.45) is 0 Å². The van der Waals surface area contributed by atoms with Crippen molar-refractivity contribution < 1.29 is 9.21 Å². The number of thiocarbonyl (C=S) groups is 1. The third-order valence-corrected chi connectivity index (χ3v) is 3.93. The van der Waals surface area contributed by atoms with E-state index in [2.05, 4.69) is 5.32 Å². The average molecular weight is 312 g/mol. The summed E-state index contributed by atoms with van der Waals surface area (Å²) in [5, 5.41) is 3.38. The molecule has 0 aliphatic carbocycles. The van der Waals surface area contributed by atoms with Crippen molar-refractivity contribution in [1.82, 2.24) is 10.2 Å². The van der Waals surface area contributed by atoms with Crippen LogP contribution in [0.4, 0.5) is 0 Å². The summed E-state index contributed by atoms with van der Waals surface area (Å²) in [6.45, 7) is 3.82. The predicted octanol–water partition coefficient (Wildman–Crippen LogP) is 3.41. The van der Waals surface area contributed by atoms with E-state index >= 15 is 0 Å². The van der Waals surface area contributed by atoms with Crippen LogP contribution in [0.2, 0.25) is 0 Å². The molecule has 1 N–H and O–H groups in total. The summed E-state index contributed by atoms with van der Waals surface area (Å²) in [5.41, 5.74) is 1.47. The van der Waals surface area contributed by atoms with Crippen molar-refractivity contribution in [1.29, 1.82) is 0 Å². The van der Waals surface area contributed by atoms with Crippen LogP contribution in [0.25, 0.3) is 6.08 Å². The molecule has 4 nitrogen and oxygen atoms in total. The summed E-state index contributed by atoms with van der Waals surface area (Å²) in [4.78, 5) is 14.2. The van der Waals surface area contributed by atoms with Gasteiger partial charge in [-0.15, -0.1) is 0 Å². The summed E-state index contributed by atoms with van der Waals surface area (Å²) in [6.07, 6.45) is 1.68. The van der Waals surface area contributed by atoms with Crippen molar-refractivity contribution in [2.45, 2.75) is 19.9 Å². The Morgan fingerprint density at radius 2 is 1.95 bits per heavy atom. The lowest BCUT2D eigenvalue weighted by Gasteiger charge is -2.23. The Balaban J connectivity index is 1.87. The van der Waals surface area contributed by atoms with E-state index in [1.165, 1.54) is 0 Å². The molecule has 5 heteroatoms. The fraction of sp³-hybridized carbons (Fsp3) is 0.176. The van der Waals surface area contributed by atoms with Crippen LogP contribution in [0.5, 0.6) is 0 Å². The van der Waals surface area contributed by atoms with Crippen LogP contribution in [0.3, 0.4) is 0 Å². The second-order valence-electron chi connectivity index (χ2n) is 5.20. The van der Waals surface area contributed by atoms with Crippen LogP contribution >= 0.6 is 12.2 Å². The summed E-state index contributed by atoms with van der Waals surface area (Å²) < 4.78 is 5.48. The van der Waals surface area contributed by atoms with Crippen LogP contribution < -0.4 is 5.32 Å². The molecule has 1 aromatic heterocycles. The molecule has 1 fully saturated rings. The van der Waals surface area contributed by atoms with Gasteiger partial charge in [0.2, 0.25) is 0 Å². The van der Waals surface area contributed by atoms with E-state index < -0.39 is 0 Å². The summed E-state index contributed by atoms with van der Waals surface area (Å²) in [7, 11) is 0. The van der Waals surface area contributed by atoms with Gasteiger partial charge in [-0.3, -0.25) is 9.69 Å². The highest BCUT2D eigenvalue weighted by atomic mass is 32.1. The molecule has 1 amide bonds. The van der Waals surface area contributed by atoms with Gasteiger partial charge in [-0.1, -0.05) is 30.3 Å². The molecule has 22 heavy (non-hydrogen) atoms. The second kappa shape index (κ2) is 5.77. The van der Waals surface area contributed by atoms with E-state index in [1.54, 1.807) is 11.0 Å². The highest BCUT2D eigenvalue weighted by Gasteiger charge is 2.34. The van der Waals surface area contributed by atoms with Crippen LogP contribution in [0.1, 0.15) is 30.0 Å². The minimum atomic E-state index is -0.143. The highest BCUT2D eigenvalue weighted by molar-refractivity contribution is 7.80. The Morgan fingerprint density at radius 1 is 1.23 bits per heavy atom. The van der Waals surface area contributed by atoms with Crippen molar-refractivity contribution in [3.8, 4) is 0 Å². The van der Waals surface area contributed by atoms with Gasteiger partial charge in [-0.25, -0.2) is 0 Å². The second-order valence-corrected chi connectivity index (χ2v) is 5.59. The molecule has 1 saturated heterocycles. The number of furan rings is 1. The fourth-order valence-electron chi connectivity index (χ4n) is 2.45. The first-order valence-electron chi connectivity index (χ1n) is 7.04. The largest absolute Gasteiger partial charge is 0.462 e. The van der Waals surface area contributed by atoms with Crippen molar-refractivity contribution in [3.63, 3.8) is 0 Å². The zero-order valence-electron chi connectivity index (χ0n) is 12.4. The zero-order chi connectivity index (χ0) is 15.7. The molecular weight excluding hydrogens is 296 g/mol. The quantitative estimate of drug-likeness (QED) is 0.697. The van der Waals surface area contributed by atoms with Gasteiger partial charge in [-0.05, 0) is 43.8 Å². The van der Waals surface area contributed by atoms with Crippen molar-refractivity contribution in [2.75, 3.05) is 0 Å². The lowest BCUT2D eigenvalue weighted by Crippen LogP contribution is -2.33. The predicted molar refractivity (Wildman–Crippen MR) is 88.9 cm³/mol. The number of aryl methyl sites for hydroxylation is 1. The first kappa shape index (κ1) is 14.5. The minimum absolute atomic E-state index is 0.127. The Bertz CT molecular complexity index is 749. The van der Waals surface area contributed by atoms with Gasteiger partial charge >= 0.3 is 0 Å². The normalized spacial score (nSPS) is 17.9. The van der Waals surface area contributed by atoms with Crippen LogP contribution in [0, 0.1) is 6.92 Å². The molecule has 0 spiro atoms. The zero-order valence-corrected chi connectivity index (χ0v) is 13.2. The first-order valence-corrected chi connectivity index (χ1v) is 7.44. The highest BCUT2D eigenvalue weighted by Crippen LogP contribution is 2.26. The first-order chi connectivity index (χ1) is 10.6. The van der Waals surface area contributed by atoms with E-state index in [-0.39, 0.29) is 11.9 Å². The van der Waals surface area contributed by atoms with Crippen molar-refractivity contribution in [3.05, 3.63) is 65.2 Å². The summed E-state index contributed by atoms with van der Waals surface area (Å²) >= 11 is 5.31. The van der Waals surface area contributed by atoms with Crippen LogP contribution in [0.15, 0.2) is 52.6 Å². The molecule has 112 valence electrons. The van der Waals surface area contributed by atoms with Gasteiger partial charge in [0.05, 0.1) is 6.04 Å². The van der Waals surface area contributed by atoms with E-state index in [0.717, 1.165) is 11.3 Å². The molecule has 0 radical (unpaired) electrons. The Labute approximate surface area is 134 Å². The summed E-state index contributed by atoms with van der Waals surface area (Å²) in [6, 6.07) is 13.4. The molecule has 3 rings (SSSR count). The standard InChI is InChI=1S/C17H16N2O2S/c1-11-8-9-14(21-11)10-15-16(20)19(17(22)18-15)12(2)13-6-4-3-5-7-13/h3-10,12H,1-2H3,(H,18,22)/b15-10-. The number of carbonyl (C=O) groups excluding carboxylic acids is 1. The number of rotatable bonds is 3. The molecule has 1 unspecified atom stereocenters. The Morgan fingerprint density at radius 3 is 2.59 bits per heavy atom. The van der Waals surface area contributed by atoms with E-state index in [4.69, 9.17) is 16.6 Å². The van der Waals surface area contributed by atoms with Crippen LogP contribution in [-0.4, -0.2) is 15.9 Å². The molecule has 2 heterocycles. The van der Waals surface area contributed by atoms with E-state index in [1.807, 2.05) is 56.3 Å². The smallest absolute Gasteiger partial charge is 0.277 e. The number of amides is 1. The van der Waals surface area contributed by atoms with Gasteiger partial charge in [0.15, 0.2) is 5.11 Å². The summed E-state index contributed by atoms with van der Waals surface area (Å²) in [5.74, 6) is 1.29. The van der Waals surface area contributed by atoms with Gasteiger partial charge in [0.25, 0.3) is 5.91 Å². The number of carbonyl (C=O) groups is 1. The van der Waals surface area contributed by atoms with Crippen LogP contribution in [-0.2, 0) is 4.79 Å². The number of nitrogens with one attached hydrogen (secondary N) is 1. The average Bonchev–Trinajstić information content (AvgIpc) is 3.03. The molecule has 0 bridgehead atoms. The lowest BCUT2D eigenvalue weighted by atomic mass is 10.1. The molecular formula is C17H16N2O2S. The van der Waals surface area contributed by atoms with E-state index in [0.29, 0.717) is 16.6 Å². The maximum absolute atomic E-state index is 12.6. The Kier molecular flexibility index (Phi) is 3.81. The lowest BCUT2D eigenvalue weighted by molar-refractivity contribution is -0.123. The van der Waals surface area contributed by atoms with E-state index in [9.17, 15) is 4.79 Å². The molecule has 2 aromatic rings. The van der Waals surface area contributed by atoms with Gasteiger partial charge in [-0.2, -0.15) is 0 Å². The molecule has 1 aromatic carbocycles. The maximum Gasteiger partial charge on any atom is 0.277 e. The monoisotopic (exact) mass is 312 g/mol. The van der Waals surface area contributed by atoms with Gasteiger partial charge in [0, 0.05) is 6.08 Å². The number of hydrogen-bond acceptors (Lipinski definition) is 3. The molecule has 0 saturated carbocycles. The Hall–Kier alpha value is -2.40. The maximum atomic E-state index is 12.6. The number of hydrogen-bond donors (Lipinski definition) is 1. The third kappa shape index (κ3) is 2.67. The van der Waals surface area contributed by atoms with Gasteiger partial charge < -0.3 is 9.73 Å². The molecule has 1 aliphatic rings. The minimum Gasteiger partial charge on any atom is -0.462 e. The third-order valence-electron chi connectivity index (χ3n) is 3.63. The van der Waals surface area contributed by atoms with Gasteiger partial charge in [0.1, 0.15) is 17.2 Å². The number of benzene rings is 1. The van der Waals surface area contributed by atoms with Crippen molar-refractivity contribution >= 4 is 29.3 Å². The number of nitrogens with zero attached hydrogens (tertiary/aromatic N) is 1. The fourth-order valence-corrected chi connectivity index (χ4v) is 2.81. The topological polar surface area (TPSA) is 45.5 Å². The molecule has 1 atom stereocenters. The molecule has 1 aliphatic heterocycles. The SMILES string of the molecule is Cc1ccc(/C=C2\NC(=S)N(C(C)c3ccccc3)C2=O)o1.